The normalized spacial score (nSPS) is 13.6. The van der Waals surface area contributed by atoms with Crippen molar-refractivity contribution in [2.24, 2.45) is 0 Å². The summed E-state index contributed by atoms with van der Waals surface area (Å²) in [5, 5.41) is 0. The minimum absolute atomic E-state index is 0.798. The second-order valence-electron chi connectivity index (χ2n) is 5.55. The Morgan fingerprint density at radius 1 is 1.18 bits per heavy atom. The van der Waals surface area contributed by atoms with E-state index in [1.165, 1.54) is 5.56 Å². The third kappa shape index (κ3) is 3.12. The van der Waals surface area contributed by atoms with Crippen molar-refractivity contribution >= 4 is 5.70 Å². The smallest absolute Gasteiger partial charge is 0.132 e. The average molecular weight is 289 g/mol. The molecule has 3 heteroatoms. The number of benzene rings is 1. The second-order valence-corrected chi connectivity index (χ2v) is 5.55. The van der Waals surface area contributed by atoms with Gasteiger partial charge in [0.05, 0.1) is 0 Å². The van der Waals surface area contributed by atoms with E-state index >= 15 is 0 Å². The lowest BCUT2D eigenvalue weighted by molar-refractivity contribution is 0.504. The summed E-state index contributed by atoms with van der Waals surface area (Å²) in [5.41, 5.74) is 4.18. The van der Waals surface area contributed by atoms with Gasteiger partial charge in [-0.2, -0.15) is 0 Å². The maximum absolute atomic E-state index is 4.54. The Labute approximate surface area is 131 Å². The molecule has 0 atom stereocenters. The second kappa shape index (κ2) is 5.95. The van der Waals surface area contributed by atoms with E-state index in [1.54, 1.807) is 0 Å². The number of hydrogen-bond donors (Lipinski definition) is 0. The van der Waals surface area contributed by atoms with Gasteiger partial charge in [0.15, 0.2) is 0 Å². The first-order valence-electron chi connectivity index (χ1n) is 7.35. The van der Waals surface area contributed by atoms with Crippen LogP contribution < -0.4 is 0 Å². The minimum Gasteiger partial charge on any atom is -0.377 e. The number of allylic oxidation sites excluding steroid dienone is 2. The van der Waals surface area contributed by atoms with Crippen molar-refractivity contribution < 1.29 is 0 Å². The number of imidazole rings is 1. The largest absolute Gasteiger partial charge is 0.377 e. The molecule has 0 bridgehead atoms. The van der Waals surface area contributed by atoms with Crippen LogP contribution in [-0.2, 0) is 0 Å². The zero-order valence-corrected chi connectivity index (χ0v) is 13.2. The van der Waals surface area contributed by atoms with Crippen LogP contribution in [0.25, 0.3) is 5.70 Å². The van der Waals surface area contributed by atoms with Crippen LogP contribution in [0.2, 0.25) is 0 Å². The van der Waals surface area contributed by atoms with Crippen molar-refractivity contribution in [3.05, 3.63) is 71.5 Å². The lowest BCUT2D eigenvalue weighted by Gasteiger charge is -2.17. The molecule has 2 heterocycles. The van der Waals surface area contributed by atoms with E-state index in [0.29, 0.717) is 0 Å². The van der Waals surface area contributed by atoms with Crippen molar-refractivity contribution in [1.29, 1.82) is 0 Å². The summed E-state index contributed by atoms with van der Waals surface area (Å²) in [6.07, 6.45) is 8.36. The lowest BCUT2D eigenvalue weighted by Crippen LogP contribution is -2.15. The molecule has 0 aliphatic carbocycles. The molecular formula is C19H19N3. The summed E-state index contributed by atoms with van der Waals surface area (Å²) >= 11 is 0. The molecule has 0 saturated carbocycles. The molecule has 3 rings (SSSR count). The van der Waals surface area contributed by atoms with Crippen molar-refractivity contribution in [1.82, 2.24) is 14.5 Å². The molecule has 0 spiro atoms. The molecule has 1 aliphatic heterocycles. The fourth-order valence-corrected chi connectivity index (χ4v) is 2.40. The van der Waals surface area contributed by atoms with Gasteiger partial charge < -0.3 is 9.47 Å². The summed E-state index contributed by atoms with van der Waals surface area (Å²) in [4.78, 5) is 6.68. The standard InChI is InChI=1S/C19H19N3/c1-15-5-4-6-17(13-15)7-8-18-14-22(16(2)20-18)19-9-11-21(3)12-10-19/h4-6,9-11,13-14H,12H2,1-3H3. The van der Waals surface area contributed by atoms with Crippen molar-refractivity contribution in [2.45, 2.75) is 13.8 Å². The van der Waals surface area contributed by atoms with E-state index in [4.69, 9.17) is 0 Å². The summed E-state index contributed by atoms with van der Waals surface area (Å²) < 4.78 is 2.09. The van der Waals surface area contributed by atoms with Crippen molar-refractivity contribution in [2.75, 3.05) is 13.6 Å². The van der Waals surface area contributed by atoms with Crippen LogP contribution in [0.4, 0.5) is 0 Å². The number of nitrogens with zero attached hydrogens (tertiary/aromatic N) is 3. The van der Waals surface area contributed by atoms with E-state index in [1.807, 2.05) is 25.3 Å². The van der Waals surface area contributed by atoms with Gasteiger partial charge in [-0.1, -0.05) is 18.1 Å². The molecule has 3 nitrogen and oxygen atoms in total. The third-order valence-corrected chi connectivity index (χ3v) is 3.60. The Kier molecular flexibility index (Phi) is 3.84. The molecule has 1 aromatic heterocycles. The molecule has 0 unspecified atom stereocenters. The van der Waals surface area contributed by atoms with E-state index in [0.717, 1.165) is 29.3 Å². The highest BCUT2D eigenvalue weighted by molar-refractivity contribution is 5.60. The first kappa shape index (κ1) is 14.2. The molecule has 0 N–H and O–H groups in total. The van der Waals surface area contributed by atoms with Gasteiger partial charge >= 0.3 is 0 Å². The monoisotopic (exact) mass is 289 g/mol. The number of aromatic nitrogens is 2. The fourth-order valence-electron chi connectivity index (χ4n) is 2.40. The van der Waals surface area contributed by atoms with Gasteiger partial charge in [0.25, 0.3) is 0 Å². The van der Waals surface area contributed by atoms with Crippen LogP contribution in [-0.4, -0.2) is 28.0 Å². The first-order chi connectivity index (χ1) is 10.6. The summed E-state index contributed by atoms with van der Waals surface area (Å²) in [6.45, 7) is 4.99. The van der Waals surface area contributed by atoms with Crippen LogP contribution in [0.1, 0.15) is 22.6 Å². The number of likely N-dealkylation sites (N-methyl/N-ethyl adjacent to an activating group) is 1. The summed E-state index contributed by atoms with van der Waals surface area (Å²) in [6, 6.07) is 8.20. The highest BCUT2D eigenvalue weighted by atomic mass is 15.1. The molecular weight excluding hydrogens is 270 g/mol. The van der Waals surface area contributed by atoms with Gasteiger partial charge in [-0.15, -0.1) is 0 Å². The van der Waals surface area contributed by atoms with E-state index < -0.39 is 0 Å². The molecule has 22 heavy (non-hydrogen) atoms. The zero-order chi connectivity index (χ0) is 15.5. The summed E-state index contributed by atoms with van der Waals surface area (Å²) in [7, 11) is 2.06. The molecule has 2 aromatic rings. The molecule has 110 valence electrons. The minimum atomic E-state index is 0.798. The molecule has 0 fully saturated rings. The first-order valence-corrected chi connectivity index (χ1v) is 7.35. The van der Waals surface area contributed by atoms with E-state index in [-0.39, 0.29) is 0 Å². The quantitative estimate of drug-likeness (QED) is 0.752. The summed E-state index contributed by atoms with van der Waals surface area (Å²) in [5.74, 6) is 7.29. The zero-order valence-electron chi connectivity index (χ0n) is 13.2. The maximum atomic E-state index is 4.54. The van der Waals surface area contributed by atoms with Crippen LogP contribution >= 0.6 is 0 Å². The SMILES string of the molecule is Cc1cccc(C#Cc2cn(C3=CCN(C)C=C3)c(C)n2)c1. The average Bonchev–Trinajstić information content (AvgIpc) is 2.87. The van der Waals surface area contributed by atoms with E-state index in [9.17, 15) is 0 Å². The Morgan fingerprint density at radius 3 is 2.77 bits per heavy atom. The predicted octanol–water partition coefficient (Wildman–Crippen LogP) is 3.20. The van der Waals surface area contributed by atoms with Gasteiger partial charge in [-0.3, -0.25) is 0 Å². The van der Waals surface area contributed by atoms with Gasteiger partial charge in [-0.05, 0) is 49.6 Å². The highest BCUT2D eigenvalue weighted by Crippen LogP contribution is 2.15. The van der Waals surface area contributed by atoms with Gasteiger partial charge in [0, 0.05) is 37.2 Å². The number of aryl methyl sites for hydroxylation is 2. The van der Waals surface area contributed by atoms with Crippen molar-refractivity contribution in [3.63, 3.8) is 0 Å². The number of rotatable bonds is 1. The molecule has 1 aliphatic rings. The molecule has 0 radical (unpaired) electrons. The maximum Gasteiger partial charge on any atom is 0.132 e. The number of hydrogen-bond acceptors (Lipinski definition) is 2. The Hall–Kier alpha value is -2.73. The van der Waals surface area contributed by atoms with Crippen LogP contribution in [0.3, 0.4) is 0 Å². The van der Waals surface area contributed by atoms with Crippen LogP contribution in [0, 0.1) is 25.7 Å². The molecule has 0 amide bonds. The third-order valence-electron chi connectivity index (χ3n) is 3.60. The topological polar surface area (TPSA) is 21.1 Å². The van der Waals surface area contributed by atoms with Crippen LogP contribution in [0.15, 0.2) is 48.8 Å². The fraction of sp³-hybridized carbons (Fsp3) is 0.211. The van der Waals surface area contributed by atoms with E-state index in [2.05, 4.69) is 70.7 Å². The van der Waals surface area contributed by atoms with Gasteiger partial charge in [-0.25, -0.2) is 4.98 Å². The lowest BCUT2D eigenvalue weighted by atomic mass is 10.1. The Bertz CT molecular complexity index is 813. The highest BCUT2D eigenvalue weighted by Gasteiger charge is 2.07. The predicted molar refractivity (Wildman–Crippen MR) is 90.2 cm³/mol. The van der Waals surface area contributed by atoms with Gasteiger partial charge in [0.2, 0.25) is 0 Å². The van der Waals surface area contributed by atoms with Crippen LogP contribution in [0.5, 0.6) is 0 Å². The molecule has 1 aromatic carbocycles. The van der Waals surface area contributed by atoms with Crippen molar-refractivity contribution in [3.8, 4) is 11.8 Å². The van der Waals surface area contributed by atoms with Gasteiger partial charge in [0.1, 0.15) is 11.5 Å². The molecule has 0 saturated heterocycles. The Balaban J connectivity index is 1.86. The Morgan fingerprint density at radius 2 is 2.05 bits per heavy atom.